The van der Waals surface area contributed by atoms with Crippen molar-refractivity contribution in [2.75, 3.05) is 40.0 Å². The van der Waals surface area contributed by atoms with Gasteiger partial charge in [0.25, 0.3) is 5.91 Å². The molecule has 6 nitrogen and oxygen atoms in total. The summed E-state index contributed by atoms with van der Waals surface area (Å²) in [5, 5.41) is 3.82. The Morgan fingerprint density at radius 2 is 2.00 bits per heavy atom. The van der Waals surface area contributed by atoms with E-state index in [0.29, 0.717) is 12.3 Å². The molecule has 1 amide bonds. The van der Waals surface area contributed by atoms with E-state index in [-0.39, 0.29) is 12.5 Å². The number of aryl methyl sites for hydroxylation is 2. The van der Waals surface area contributed by atoms with Crippen LogP contribution in [-0.2, 0) is 22.6 Å². The van der Waals surface area contributed by atoms with Crippen LogP contribution in [0, 0.1) is 13.8 Å². The minimum atomic E-state index is -0.0898. The Morgan fingerprint density at radius 3 is 2.68 bits per heavy atom. The van der Waals surface area contributed by atoms with Crippen LogP contribution in [0.3, 0.4) is 0 Å². The molecule has 1 aromatic carbocycles. The number of thiazole rings is 1. The summed E-state index contributed by atoms with van der Waals surface area (Å²) in [5.74, 6) is 0.565. The van der Waals surface area contributed by atoms with E-state index in [4.69, 9.17) is 21.1 Å². The average molecular weight is 424 g/mol. The van der Waals surface area contributed by atoms with Crippen LogP contribution in [0.1, 0.15) is 21.8 Å². The molecule has 2 aromatic rings. The predicted octanol–water partition coefficient (Wildman–Crippen LogP) is 3.28. The highest BCUT2D eigenvalue weighted by Gasteiger charge is 2.15. The van der Waals surface area contributed by atoms with Crippen molar-refractivity contribution >= 4 is 28.8 Å². The number of nitrogens with zero attached hydrogens (tertiary/aromatic N) is 3. The van der Waals surface area contributed by atoms with Crippen LogP contribution in [0.5, 0.6) is 5.75 Å². The first-order chi connectivity index (χ1) is 13.4. The molecule has 1 aromatic heterocycles. The molecular formula is C20H26ClN3O3S. The van der Waals surface area contributed by atoms with Crippen molar-refractivity contribution in [2.24, 2.45) is 0 Å². The molecular weight excluding hydrogens is 398 g/mol. The molecule has 1 aliphatic heterocycles. The largest absolute Gasteiger partial charge is 0.484 e. The number of amides is 1. The van der Waals surface area contributed by atoms with Crippen LogP contribution < -0.4 is 4.74 Å². The van der Waals surface area contributed by atoms with Crippen molar-refractivity contribution in [2.45, 2.75) is 26.9 Å². The van der Waals surface area contributed by atoms with Gasteiger partial charge < -0.3 is 14.4 Å². The third-order valence-corrected chi connectivity index (χ3v) is 6.14. The van der Waals surface area contributed by atoms with E-state index in [9.17, 15) is 4.79 Å². The highest BCUT2D eigenvalue weighted by atomic mass is 35.5. The third kappa shape index (κ3) is 5.67. The minimum absolute atomic E-state index is 0.0121. The minimum Gasteiger partial charge on any atom is -0.484 e. The van der Waals surface area contributed by atoms with Gasteiger partial charge in [-0.3, -0.25) is 9.69 Å². The summed E-state index contributed by atoms with van der Waals surface area (Å²) in [6.07, 6.45) is 0. The van der Waals surface area contributed by atoms with E-state index in [2.05, 4.69) is 9.88 Å². The maximum absolute atomic E-state index is 12.4. The fraction of sp³-hybridized carbons (Fsp3) is 0.500. The molecule has 28 heavy (non-hydrogen) atoms. The molecule has 0 atom stereocenters. The Hall–Kier alpha value is -1.67. The quantitative estimate of drug-likeness (QED) is 0.684. The van der Waals surface area contributed by atoms with Gasteiger partial charge in [0.05, 0.1) is 32.0 Å². The van der Waals surface area contributed by atoms with Crippen molar-refractivity contribution in [3.8, 4) is 5.75 Å². The van der Waals surface area contributed by atoms with Gasteiger partial charge in [0.2, 0.25) is 0 Å². The number of hydrogen-bond acceptors (Lipinski definition) is 6. The Morgan fingerprint density at radius 1 is 1.32 bits per heavy atom. The Bertz CT molecular complexity index is 798. The SMILES string of the molecule is Cc1cc(OCC(=O)N(C)Cc2csc(CN3CCOCC3)n2)cc(C)c1Cl. The molecule has 3 rings (SSSR count). The molecule has 1 saturated heterocycles. The molecule has 152 valence electrons. The number of hydrogen-bond donors (Lipinski definition) is 0. The van der Waals surface area contributed by atoms with Gasteiger partial charge >= 0.3 is 0 Å². The third-order valence-electron chi connectivity index (χ3n) is 4.66. The summed E-state index contributed by atoms with van der Waals surface area (Å²) in [7, 11) is 1.77. The number of carbonyl (C=O) groups excluding carboxylic acids is 1. The van der Waals surface area contributed by atoms with E-state index in [1.165, 1.54) is 0 Å². The van der Waals surface area contributed by atoms with Crippen molar-refractivity contribution < 1.29 is 14.3 Å². The standard InChI is InChI=1S/C20H26ClN3O3S/c1-14-8-17(9-15(2)20(14)21)27-12-19(25)23(3)10-16-13-28-18(22-16)11-24-4-6-26-7-5-24/h8-9,13H,4-7,10-12H2,1-3H3. The van der Waals surface area contributed by atoms with Gasteiger partial charge in [0.1, 0.15) is 10.8 Å². The zero-order valence-electron chi connectivity index (χ0n) is 16.5. The summed E-state index contributed by atoms with van der Waals surface area (Å²) >= 11 is 7.81. The van der Waals surface area contributed by atoms with Crippen LogP contribution in [0.4, 0.5) is 0 Å². The number of halogens is 1. The number of rotatable bonds is 7. The second kappa shape index (κ2) is 9.69. The second-order valence-electron chi connectivity index (χ2n) is 7.03. The second-order valence-corrected chi connectivity index (χ2v) is 8.35. The summed E-state index contributed by atoms with van der Waals surface area (Å²) in [6, 6.07) is 3.70. The lowest BCUT2D eigenvalue weighted by Crippen LogP contribution is -2.35. The maximum Gasteiger partial charge on any atom is 0.260 e. The molecule has 0 radical (unpaired) electrons. The van der Waals surface area contributed by atoms with Crippen LogP contribution in [0.2, 0.25) is 5.02 Å². The first-order valence-electron chi connectivity index (χ1n) is 9.29. The van der Waals surface area contributed by atoms with Gasteiger partial charge in [-0.15, -0.1) is 11.3 Å². The van der Waals surface area contributed by atoms with E-state index in [1.54, 1.807) is 23.3 Å². The fourth-order valence-electron chi connectivity index (χ4n) is 3.02. The molecule has 2 heterocycles. The topological polar surface area (TPSA) is 54.9 Å². The number of likely N-dealkylation sites (N-methyl/N-ethyl adjacent to an activating group) is 1. The molecule has 0 unspecified atom stereocenters. The molecule has 0 aliphatic carbocycles. The van der Waals surface area contributed by atoms with Gasteiger partial charge in [-0.25, -0.2) is 4.98 Å². The van der Waals surface area contributed by atoms with Crippen LogP contribution in [0.25, 0.3) is 0 Å². The van der Waals surface area contributed by atoms with Crippen molar-refractivity contribution in [1.29, 1.82) is 0 Å². The van der Waals surface area contributed by atoms with E-state index in [1.807, 2.05) is 31.4 Å². The molecule has 0 N–H and O–H groups in total. The van der Waals surface area contributed by atoms with E-state index < -0.39 is 0 Å². The molecule has 1 fully saturated rings. The van der Waals surface area contributed by atoms with Crippen LogP contribution >= 0.6 is 22.9 Å². The lowest BCUT2D eigenvalue weighted by molar-refractivity contribution is -0.132. The number of morpholine rings is 1. The van der Waals surface area contributed by atoms with E-state index in [0.717, 1.165) is 59.7 Å². The van der Waals surface area contributed by atoms with Gasteiger partial charge in [-0.05, 0) is 37.1 Å². The molecule has 0 saturated carbocycles. The fourth-order valence-corrected chi connectivity index (χ4v) is 3.96. The smallest absolute Gasteiger partial charge is 0.260 e. The predicted molar refractivity (Wildman–Crippen MR) is 111 cm³/mol. The monoisotopic (exact) mass is 423 g/mol. The van der Waals surface area contributed by atoms with Gasteiger partial charge in [-0.1, -0.05) is 11.6 Å². The van der Waals surface area contributed by atoms with Crippen molar-refractivity contribution in [3.63, 3.8) is 0 Å². The van der Waals surface area contributed by atoms with E-state index >= 15 is 0 Å². The van der Waals surface area contributed by atoms with Crippen LogP contribution in [0.15, 0.2) is 17.5 Å². The van der Waals surface area contributed by atoms with Gasteiger partial charge in [0, 0.05) is 30.5 Å². The molecule has 0 spiro atoms. The maximum atomic E-state index is 12.4. The Labute approximate surface area is 175 Å². The van der Waals surface area contributed by atoms with Crippen molar-refractivity contribution in [1.82, 2.24) is 14.8 Å². The number of ether oxygens (including phenoxy) is 2. The number of benzene rings is 1. The highest BCUT2D eigenvalue weighted by Crippen LogP contribution is 2.25. The summed E-state index contributed by atoms with van der Waals surface area (Å²) in [4.78, 5) is 21.1. The zero-order valence-corrected chi connectivity index (χ0v) is 18.1. The van der Waals surface area contributed by atoms with Gasteiger partial charge in [0.15, 0.2) is 6.61 Å². The normalized spacial score (nSPS) is 14.9. The first kappa shape index (κ1) is 21.0. The molecule has 8 heteroatoms. The summed E-state index contributed by atoms with van der Waals surface area (Å²) in [5.41, 5.74) is 2.78. The Kier molecular flexibility index (Phi) is 7.29. The number of aromatic nitrogens is 1. The summed E-state index contributed by atoms with van der Waals surface area (Å²) < 4.78 is 11.0. The first-order valence-corrected chi connectivity index (χ1v) is 10.5. The zero-order chi connectivity index (χ0) is 20.1. The Balaban J connectivity index is 1.49. The molecule has 1 aliphatic rings. The summed E-state index contributed by atoms with van der Waals surface area (Å²) in [6.45, 7) is 8.58. The lowest BCUT2D eigenvalue weighted by Gasteiger charge is -2.25. The van der Waals surface area contributed by atoms with Crippen LogP contribution in [-0.4, -0.2) is 60.6 Å². The lowest BCUT2D eigenvalue weighted by atomic mass is 10.1. The van der Waals surface area contributed by atoms with Crippen molar-refractivity contribution in [3.05, 3.63) is 44.4 Å². The average Bonchev–Trinajstić information content (AvgIpc) is 3.11. The molecule has 0 bridgehead atoms. The number of carbonyl (C=O) groups is 1. The highest BCUT2D eigenvalue weighted by molar-refractivity contribution is 7.09. The van der Waals surface area contributed by atoms with Gasteiger partial charge in [-0.2, -0.15) is 0 Å².